The number of amides is 1. The number of pyridine rings is 1. The molecular weight excluding hydrogens is 407 g/mol. The predicted molar refractivity (Wildman–Crippen MR) is 85.7 cm³/mol. The molecular formula is C15H14BrN2NaO4S. The van der Waals surface area contributed by atoms with E-state index in [4.69, 9.17) is 0 Å². The molecule has 0 unspecified atom stereocenters. The smallest absolute Gasteiger partial charge is 0.543 e. The Bertz CT molecular complexity index is 695. The van der Waals surface area contributed by atoms with Crippen LogP contribution < -0.4 is 34.7 Å². The number of nitrogens with zero attached hydrogens (tertiary/aromatic N) is 2. The number of aliphatic hydroxyl groups excluding tert-OH is 1. The molecule has 0 spiro atoms. The van der Waals surface area contributed by atoms with E-state index >= 15 is 0 Å². The van der Waals surface area contributed by atoms with Gasteiger partial charge in [0.2, 0.25) is 5.91 Å². The van der Waals surface area contributed by atoms with Crippen molar-refractivity contribution in [3.63, 3.8) is 0 Å². The van der Waals surface area contributed by atoms with Crippen LogP contribution in [0.1, 0.15) is 18.9 Å². The molecule has 0 aromatic carbocycles. The average molecular weight is 421 g/mol. The van der Waals surface area contributed by atoms with Gasteiger partial charge in [-0.05, 0) is 34.5 Å². The molecule has 1 fully saturated rings. The van der Waals surface area contributed by atoms with Gasteiger partial charge in [0, 0.05) is 23.3 Å². The zero-order chi connectivity index (χ0) is 16.7. The van der Waals surface area contributed by atoms with Crippen LogP contribution in [0.5, 0.6) is 0 Å². The SMILES string of the molecule is C[C@@H](O)[C@H]1C(=O)N2C(C(=O)[O-])=C(SCc3ccc(Br)nc3)C[C@H]12.[Na+]. The van der Waals surface area contributed by atoms with E-state index in [0.717, 1.165) is 10.2 Å². The Balaban J connectivity index is 0.00000208. The number of hydrogen-bond donors (Lipinski definition) is 1. The molecule has 1 aromatic heterocycles. The normalized spacial score (nSPS) is 23.5. The Morgan fingerprint density at radius 3 is 2.83 bits per heavy atom. The van der Waals surface area contributed by atoms with E-state index in [2.05, 4.69) is 20.9 Å². The summed E-state index contributed by atoms with van der Waals surface area (Å²) in [5, 5.41) is 21.1. The van der Waals surface area contributed by atoms with E-state index in [1.807, 2.05) is 12.1 Å². The van der Waals surface area contributed by atoms with Crippen molar-refractivity contribution in [2.24, 2.45) is 5.92 Å². The van der Waals surface area contributed by atoms with Gasteiger partial charge in [0.15, 0.2) is 0 Å². The number of carbonyl (C=O) groups is 2. The van der Waals surface area contributed by atoms with Crippen LogP contribution in [-0.4, -0.2) is 39.0 Å². The number of carbonyl (C=O) groups excluding carboxylic acids is 2. The molecule has 2 aliphatic heterocycles. The zero-order valence-electron chi connectivity index (χ0n) is 13.2. The van der Waals surface area contributed by atoms with E-state index in [1.165, 1.54) is 16.7 Å². The summed E-state index contributed by atoms with van der Waals surface area (Å²) in [6, 6.07) is 3.44. The minimum Gasteiger partial charge on any atom is -0.543 e. The van der Waals surface area contributed by atoms with Crippen LogP contribution in [0.25, 0.3) is 0 Å². The van der Waals surface area contributed by atoms with E-state index in [9.17, 15) is 19.8 Å². The number of aromatic nitrogens is 1. The molecule has 24 heavy (non-hydrogen) atoms. The number of aliphatic hydroxyl groups is 1. The third kappa shape index (κ3) is 3.59. The molecule has 0 saturated carbocycles. The first-order chi connectivity index (χ1) is 10.9. The van der Waals surface area contributed by atoms with Gasteiger partial charge in [0.25, 0.3) is 0 Å². The fourth-order valence-electron chi connectivity index (χ4n) is 3.01. The number of β-lactam (4-membered cyclic amide) rings is 1. The molecule has 1 N–H and O–H groups in total. The number of fused-ring (bicyclic) bond motifs is 1. The number of thioether (sulfide) groups is 1. The van der Waals surface area contributed by atoms with Gasteiger partial charge in [0.05, 0.1) is 29.7 Å². The summed E-state index contributed by atoms with van der Waals surface area (Å²) in [7, 11) is 0. The molecule has 2 aliphatic rings. The summed E-state index contributed by atoms with van der Waals surface area (Å²) in [5.74, 6) is -1.66. The van der Waals surface area contributed by atoms with E-state index in [0.29, 0.717) is 17.1 Å². The van der Waals surface area contributed by atoms with Crippen LogP contribution in [0.4, 0.5) is 0 Å². The first-order valence-corrected chi connectivity index (χ1v) is 8.87. The van der Waals surface area contributed by atoms with Crippen molar-refractivity contribution in [2.45, 2.75) is 31.2 Å². The Labute approximate surface area is 174 Å². The molecule has 0 aliphatic carbocycles. The second-order valence-electron chi connectivity index (χ2n) is 5.58. The number of hydrogen-bond acceptors (Lipinski definition) is 6. The Morgan fingerprint density at radius 2 is 2.29 bits per heavy atom. The van der Waals surface area contributed by atoms with Crippen molar-refractivity contribution in [3.05, 3.63) is 39.1 Å². The summed E-state index contributed by atoms with van der Waals surface area (Å²) in [6.07, 6.45) is 1.37. The fraction of sp³-hybridized carbons (Fsp3) is 0.400. The maximum absolute atomic E-state index is 12.1. The fourth-order valence-corrected chi connectivity index (χ4v) is 4.37. The predicted octanol–water partition coefficient (Wildman–Crippen LogP) is -2.35. The van der Waals surface area contributed by atoms with Gasteiger partial charge in [-0.3, -0.25) is 4.79 Å². The van der Waals surface area contributed by atoms with Crippen LogP contribution in [0.2, 0.25) is 0 Å². The summed E-state index contributed by atoms with van der Waals surface area (Å²) in [5.41, 5.74) is 0.906. The average Bonchev–Trinajstić information content (AvgIpc) is 2.81. The van der Waals surface area contributed by atoms with Gasteiger partial charge in [-0.1, -0.05) is 6.07 Å². The van der Waals surface area contributed by atoms with Crippen LogP contribution in [0.3, 0.4) is 0 Å². The summed E-state index contributed by atoms with van der Waals surface area (Å²) in [6.45, 7) is 1.55. The molecule has 1 amide bonds. The summed E-state index contributed by atoms with van der Waals surface area (Å²) < 4.78 is 0.733. The van der Waals surface area contributed by atoms with Gasteiger partial charge >= 0.3 is 29.6 Å². The monoisotopic (exact) mass is 420 g/mol. The number of carboxylic acid groups (broad SMARTS) is 1. The largest absolute Gasteiger partial charge is 1.00 e. The van der Waals surface area contributed by atoms with Gasteiger partial charge in [-0.15, -0.1) is 11.8 Å². The first kappa shape index (κ1) is 19.9. The Hall–Kier alpha value is -0.380. The first-order valence-electron chi connectivity index (χ1n) is 7.09. The summed E-state index contributed by atoms with van der Waals surface area (Å²) >= 11 is 4.63. The third-order valence-corrected chi connectivity index (χ3v) is 5.74. The minimum atomic E-state index is -1.35. The Morgan fingerprint density at radius 1 is 1.58 bits per heavy atom. The van der Waals surface area contributed by atoms with Crippen molar-refractivity contribution in [3.8, 4) is 0 Å². The van der Waals surface area contributed by atoms with Crippen LogP contribution in [-0.2, 0) is 15.3 Å². The van der Waals surface area contributed by atoms with Gasteiger partial charge in [0.1, 0.15) is 4.60 Å². The second-order valence-corrected chi connectivity index (χ2v) is 7.47. The number of aliphatic carboxylic acids is 1. The Kier molecular flexibility index (Phi) is 6.55. The van der Waals surface area contributed by atoms with E-state index < -0.39 is 18.0 Å². The second kappa shape index (κ2) is 7.88. The number of carboxylic acids is 1. The molecule has 6 nitrogen and oxygen atoms in total. The third-order valence-electron chi connectivity index (χ3n) is 4.08. The minimum absolute atomic E-state index is 0. The standard InChI is InChI=1S/C15H15BrN2O4S.Na/c1-7(19)12-9-4-10(13(15(21)22)18(9)14(12)20)23-6-8-2-3-11(16)17-5-8;/h2-3,5,7,9,12,19H,4,6H2,1H3,(H,21,22);/q;+1/p-1/t7-,9-,12-;/m1./s1. The van der Waals surface area contributed by atoms with Gasteiger partial charge in [-0.2, -0.15) is 0 Å². The van der Waals surface area contributed by atoms with Crippen molar-refractivity contribution < 1.29 is 49.4 Å². The molecule has 122 valence electrons. The molecule has 3 rings (SSSR count). The summed E-state index contributed by atoms with van der Waals surface area (Å²) in [4.78, 5) is 29.5. The topological polar surface area (TPSA) is 93.6 Å². The van der Waals surface area contributed by atoms with Crippen molar-refractivity contribution in [1.29, 1.82) is 0 Å². The van der Waals surface area contributed by atoms with Gasteiger partial charge in [-0.25, -0.2) is 4.98 Å². The maximum Gasteiger partial charge on any atom is 1.00 e. The number of rotatable bonds is 5. The van der Waals surface area contributed by atoms with Crippen molar-refractivity contribution in [1.82, 2.24) is 9.88 Å². The molecule has 1 saturated heterocycles. The maximum atomic E-state index is 12.1. The molecule has 1 aromatic rings. The number of halogens is 1. The molecule has 0 bridgehead atoms. The van der Waals surface area contributed by atoms with Crippen LogP contribution in [0.15, 0.2) is 33.5 Å². The molecule has 9 heteroatoms. The van der Waals surface area contributed by atoms with Crippen molar-refractivity contribution in [2.75, 3.05) is 0 Å². The molecule has 3 atom stereocenters. The van der Waals surface area contributed by atoms with Gasteiger partial charge < -0.3 is 19.9 Å². The van der Waals surface area contributed by atoms with Crippen LogP contribution >= 0.6 is 27.7 Å². The quantitative estimate of drug-likeness (QED) is 0.325. The molecule has 0 radical (unpaired) electrons. The van der Waals surface area contributed by atoms with E-state index in [-0.39, 0.29) is 47.2 Å². The zero-order valence-corrected chi connectivity index (χ0v) is 17.6. The van der Waals surface area contributed by atoms with Crippen LogP contribution in [0, 0.1) is 5.92 Å². The van der Waals surface area contributed by atoms with E-state index in [1.54, 1.807) is 13.1 Å². The van der Waals surface area contributed by atoms with Crippen molar-refractivity contribution >= 4 is 39.6 Å². The molecule has 3 heterocycles.